The van der Waals surface area contributed by atoms with Crippen molar-refractivity contribution in [1.29, 1.82) is 0 Å². The highest BCUT2D eigenvalue weighted by Crippen LogP contribution is 2.27. The van der Waals surface area contributed by atoms with Crippen molar-refractivity contribution in [1.82, 2.24) is 0 Å². The van der Waals surface area contributed by atoms with Gasteiger partial charge >= 0.3 is 0 Å². The highest BCUT2D eigenvalue weighted by molar-refractivity contribution is 9.10. The number of rotatable bonds is 5. The molecule has 0 spiro atoms. The van der Waals surface area contributed by atoms with Gasteiger partial charge in [-0.05, 0) is 31.0 Å². The average molecular weight is 293 g/mol. The maximum Gasteiger partial charge on any atom is 0.137 e. The van der Waals surface area contributed by atoms with Gasteiger partial charge in [-0.15, -0.1) is 0 Å². The van der Waals surface area contributed by atoms with Gasteiger partial charge in [-0.25, -0.2) is 0 Å². The molecular formula is C10H9BrClO3-. The van der Waals surface area contributed by atoms with Crippen LogP contribution < -0.4 is 9.84 Å². The van der Waals surface area contributed by atoms with Crippen LogP contribution >= 0.6 is 27.5 Å². The van der Waals surface area contributed by atoms with Crippen molar-refractivity contribution in [2.24, 2.45) is 0 Å². The Hall–Kier alpha value is -0.740. The van der Waals surface area contributed by atoms with E-state index in [0.29, 0.717) is 23.8 Å². The lowest BCUT2D eigenvalue weighted by molar-refractivity contribution is -0.305. The fraction of sp³-hybridized carbons (Fsp3) is 0.300. The van der Waals surface area contributed by atoms with Gasteiger partial charge in [-0.3, -0.25) is 0 Å². The monoisotopic (exact) mass is 291 g/mol. The lowest BCUT2D eigenvalue weighted by Gasteiger charge is -2.08. The van der Waals surface area contributed by atoms with Crippen LogP contribution in [0, 0.1) is 0 Å². The standard InChI is InChI=1S/C10H10BrClO3/c11-7-3-4-9(8(12)6-7)15-5-1-2-10(13)14/h3-4,6H,1-2,5H2,(H,13,14)/p-1. The van der Waals surface area contributed by atoms with E-state index in [4.69, 9.17) is 16.3 Å². The van der Waals surface area contributed by atoms with Gasteiger partial charge < -0.3 is 14.6 Å². The second-order valence-electron chi connectivity index (χ2n) is 2.90. The smallest absolute Gasteiger partial charge is 0.137 e. The lowest BCUT2D eigenvalue weighted by Crippen LogP contribution is -2.22. The van der Waals surface area contributed by atoms with Gasteiger partial charge in [0.25, 0.3) is 0 Å². The van der Waals surface area contributed by atoms with Crippen LogP contribution in [0.25, 0.3) is 0 Å². The Labute approximate surface area is 101 Å². The molecule has 0 saturated heterocycles. The molecule has 5 heteroatoms. The van der Waals surface area contributed by atoms with Gasteiger partial charge in [0.05, 0.1) is 11.6 Å². The predicted molar refractivity (Wildman–Crippen MR) is 58.9 cm³/mol. The van der Waals surface area contributed by atoms with E-state index in [1.165, 1.54) is 0 Å². The Morgan fingerprint density at radius 2 is 2.27 bits per heavy atom. The summed E-state index contributed by atoms with van der Waals surface area (Å²) in [7, 11) is 0. The second-order valence-corrected chi connectivity index (χ2v) is 4.22. The van der Waals surface area contributed by atoms with Crippen LogP contribution in [-0.4, -0.2) is 12.6 Å². The summed E-state index contributed by atoms with van der Waals surface area (Å²) in [6.45, 7) is 0.315. The maximum atomic E-state index is 10.1. The van der Waals surface area contributed by atoms with Gasteiger partial charge in [0.2, 0.25) is 0 Å². The molecule has 0 aliphatic heterocycles. The Bertz CT molecular complexity index is 355. The van der Waals surface area contributed by atoms with E-state index in [9.17, 15) is 9.90 Å². The summed E-state index contributed by atoms with van der Waals surface area (Å²) in [5.74, 6) is -0.515. The molecule has 15 heavy (non-hydrogen) atoms. The molecule has 3 nitrogen and oxygen atoms in total. The van der Waals surface area contributed by atoms with Crippen molar-refractivity contribution in [2.75, 3.05) is 6.61 Å². The fourth-order valence-corrected chi connectivity index (χ4v) is 1.72. The number of carboxylic acids is 1. The van der Waals surface area contributed by atoms with Gasteiger partial charge in [0.15, 0.2) is 0 Å². The van der Waals surface area contributed by atoms with Crippen molar-refractivity contribution in [2.45, 2.75) is 12.8 Å². The van der Waals surface area contributed by atoms with E-state index in [0.717, 1.165) is 4.47 Å². The molecule has 0 fully saturated rings. The second kappa shape index (κ2) is 5.98. The largest absolute Gasteiger partial charge is 0.550 e. The van der Waals surface area contributed by atoms with Crippen LogP contribution in [-0.2, 0) is 4.79 Å². The molecule has 0 atom stereocenters. The molecule has 1 aromatic rings. The number of hydrogen-bond acceptors (Lipinski definition) is 3. The first-order chi connectivity index (χ1) is 7.09. The van der Waals surface area contributed by atoms with Gasteiger partial charge in [-0.2, -0.15) is 0 Å². The van der Waals surface area contributed by atoms with E-state index in [-0.39, 0.29) is 6.42 Å². The Balaban J connectivity index is 2.40. The highest BCUT2D eigenvalue weighted by atomic mass is 79.9. The molecule has 0 amide bonds. The first kappa shape index (κ1) is 12.3. The minimum atomic E-state index is -1.07. The number of benzene rings is 1. The van der Waals surface area contributed by atoms with E-state index in [2.05, 4.69) is 15.9 Å². The quantitative estimate of drug-likeness (QED) is 0.780. The third-order valence-electron chi connectivity index (χ3n) is 1.68. The third kappa shape index (κ3) is 4.53. The van der Waals surface area contributed by atoms with E-state index < -0.39 is 5.97 Å². The van der Waals surface area contributed by atoms with E-state index in [1.807, 2.05) is 0 Å². The minimum Gasteiger partial charge on any atom is -0.550 e. The number of carboxylic acid groups (broad SMARTS) is 1. The summed E-state index contributed by atoms with van der Waals surface area (Å²) in [5, 5.41) is 10.6. The summed E-state index contributed by atoms with van der Waals surface area (Å²) in [5.41, 5.74) is 0. The maximum absolute atomic E-state index is 10.1. The molecule has 0 aromatic heterocycles. The SMILES string of the molecule is O=C([O-])CCCOc1ccc(Br)cc1Cl. The molecule has 0 N–H and O–H groups in total. The Morgan fingerprint density at radius 3 is 2.87 bits per heavy atom. The molecule has 82 valence electrons. The predicted octanol–water partition coefficient (Wildman–Crippen LogP) is 2.01. The van der Waals surface area contributed by atoms with Crippen LogP contribution in [0.2, 0.25) is 5.02 Å². The minimum absolute atomic E-state index is 0.00581. The number of hydrogen-bond donors (Lipinski definition) is 0. The molecule has 0 saturated carbocycles. The summed E-state index contributed by atoms with van der Waals surface area (Å²) in [6, 6.07) is 5.25. The normalized spacial score (nSPS) is 10.0. The van der Waals surface area contributed by atoms with Crippen molar-refractivity contribution in [3.63, 3.8) is 0 Å². The molecule has 1 rings (SSSR count). The number of halogens is 2. The number of carbonyl (C=O) groups excluding carboxylic acids is 1. The van der Waals surface area contributed by atoms with Gasteiger partial charge in [0, 0.05) is 10.4 Å². The van der Waals surface area contributed by atoms with E-state index >= 15 is 0 Å². The van der Waals surface area contributed by atoms with Crippen LogP contribution in [0.4, 0.5) is 0 Å². The molecule has 0 bridgehead atoms. The molecule has 0 aliphatic carbocycles. The third-order valence-corrected chi connectivity index (χ3v) is 2.47. The average Bonchev–Trinajstić information content (AvgIpc) is 2.14. The van der Waals surface area contributed by atoms with Crippen molar-refractivity contribution >= 4 is 33.5 Å². The highest BCUT2D eigenvalue weighted by Gasteiger charge is 2.01. The number of ether oxygens (including phenoxy) is 1. The molecule has 0 radical (unpaired) electrons. The molecule has 0 heterocycles. The van der Waals surface area contributed by atoms with Crippen LogP contribution in [0.5, 0.6) is 5.75 Å². The van der Waals surface area contributed by atoms with Gasteiger partial charge in [0.1, 0.15) is 5.75 Å². The molecule has 1 aromatic carbocycles. The summed E-state index contributed by atoms with van der Waals surface area (Å²) < 4.78 is 6.17. The summed E-state index contributed by atoms with van der Waals surface area (Å²) in [6.07, 6.45) is 0.406. The van der Waals surface area contributed by atoms with Crippen LogP contribution in [0.15, 0.2) is 22.7 Å². The van der Waals surface area contributed by atoms with Crippen LogP contribution in [0.1, 0.15) is 12.8 Å². The fourth-order valence-electron chi connectivity index (χ4n) is 0.991. The van der Waals surface area contributed by atoms with Crippen molar-refractivity contribution in [3.05, 3.63) is 27.7 Å². The lowest BCUT2D eigenvalue weighted by atomic mass is 10.3. The summed E-state index contributed by atoms with van der Waals surface area (Å²) >= 11 is 9.16. The first-order valence-corrected chi connectivity index (χ1v) is 5.54. The zero-order chi connectivity index (χ0) is 11.3. The Kier molecular flexibility index (Phi) is 4.91. The number of aliphatic carboxylic acids is 1. The molecule has 0 unspecified atom stereocenters. The zero-order valence-corrected chi connectivity index (χ0v) is 10.2. The topological polar surface area (TPSA) is 49.4 Å². The Morgan fingerprint density at radius 1 is 1.53 bits per heavy atom. The summed E-state index contributed by atoms with van der Waals surface area (Å²) in [4.78, 5) is 10.1. The van der Waals surface area contributed by atoms with Gasteiger partial charge in [-0.1, -0.05) is 27.5 Å². The number of carbonyl (C=O) groups is 1. The molecular weight excluding hydrogens is 283 g/mol. The molecule has 0 aliphatic rings. The van der Waals surface area contributed by atoms with Crippen LogP contribution in [0.3, 0.4) is 0 Å². The zero-order valence-electron chi connectivity index (χ0n) is 7.83. The van der Waals surface area contributed by atoms with Crippen molar-refractivity contribution < 1.29 is 14.6 Å². The van der Waals surface area contributed by atoms with E-state index in [1.54, 1.807) is 18.2 Å². The first-order valence-electron chi connectivity index (χ1n) is 4.37. The van der Waals surface area contributed by atoms with Crippen molar-refractivity contribution in [3.8, 4) is 5.75 Å².